The van der Waals surface area contributed by atoms with Crippen molar-refractivity contribution in [1.82, 2.24) is 5.32 Å². The minimum atomic E-state index is -0.810. The molecule has 0 saturated heterocycles. The van der Waals surface area contributed by atoms with Crippen molar-refractivity contribution in [2.24, 2.45) is 0 Å². The largest absolute Gasteiger partial charge is 0.492 e. The van der Waals surface area contributed by atoms with Crippen molar-refractivity contribution in [3.63, 3.8) is 0 Å². The maximum Gasteiger partial charge on any atom is 0.407 e. The molecule has 2 aromatic rings. The smallest absolute Gasteiger partial charge is 0.407 e. The molecule has 0 aliphatic rings. The van der Waals surface area contributed by atoms with Gasteiger partial charge in [-0.3, -0.25) is 4.79 Å². The van der Waals surface area contributed by atoms with Crippen molar-refractivity contribution >= 4 is 12.1 Å². The van der Waals surface area contributed by atoms with Crippen LogP contribution in [0.4, 0.5) is 4.79 Å². The predicted molar refractivity (Wildman–Crippen MR) is 109 cm³/mol. The third-order valence-electron chi connectivity index (χ3n) is 4.00. The van der Waals surface area contributed by atoms with Gasteiger partial charge in [-0.05, 0) is 62.6 Å². The first-order valence-electron chi connectivity index (χ1n) is 9.65. The van der Waals surface area contributed by atoms with Crippen LogP contribution < -0.4 is 14.8 Å². The first kappa shape index (κ1) is 22.1. The van der Waals surface area contributed by atoms with E-state index in [0.29, 0.717) is 43.9 Å². The second kappa shape index (κ2) is 12.3. The Morgan fingerprint density at radius 1 is 0.966 bits per heavy atom. The molecule has 2 N–H and O–H groups in total. The number of rotatable bonds is 12. The highest BCUT2D eigenvalue weighted by Crippen LogP contribution is 2.23. The van der Waals surface area contributed by atoms with E-state index >= 15 is 0 Å². The van der Waals surface area contributed by atoms with E-state index in [9.17, 15) is 9.59 Å². The van der Waals surface area contributed by atoms with Crippen molar-refractivity contribution < 1.29 is 28.9 Å². The molecule has 0 aliphatic heterocycles. The summed E-state index contributed by atoms with van der Waals surface area (Å²) < 4.78 is 16.5. The number of aliphatic carboxylic acids is 1. The van der Waals surface area contributed by atoms with Crippen molar-refractivity contribution in [1.29, 1.82) is 0 Å². The lowest BCUT2D eigenvalue weighted by Crippen LogP contribution is -2.31. The van der Waals surface area contributed by atoms with Crippen LogP contribution in [0.25, 0.3) is 0 Å². The number of hydrogen-bond acceptors (Lipinski definition) is 5. The molecule has 0 saturated carbocycles. The molecule has 1 amide bonds. The van der Waals surface area contributed by atoms with E-state index < -0.39 is 12.1 Å². The van der Waals surface area contributed by atoms with Crippen LogP contribution in [0.15, 0.2) is 54.6 Å². The molecule has 0 radical (unpaired) electrons. The van der Waals surface area contributed by atoms with Crippen molar-refractivity contribution in [3.05, 3.63) is 54.6 Å². The Labute approximate surface area is 170 Å². The summed E-state index contributed by atoms with van der Waals surface area (Å²) in [6, 6.07) is 16.7. The van der Waals surface area contributed by atoms with E-state index in [4.69, 9.17) is 19.3 Å². The minimum Gasteiger partial charge on any atom is -0.492 e. The zero-order valence-electron chi connectivity index (χ0n) is 16.5. The lowest BCUT2D eigenvalue weighted by atomic mass is 10.1. The van der Waals surface area contributed by atoms with Crippen LogP contribution in [0.3, 0.4) is 0 Å². The van der Waals surface area contributed by atoms with Crippen molar-refractivity contribution in [2.75, 3.05) is 13.2 Å². The van der Waals surface area contributed by atoms with Gasteiger partial charge in [0.05, 0.1) is 6.54 Å². The second-order valence-electron chi connectivity index (χ2n) is 6.52. The number of alkyl carbamates (subject to hydrolysis) is 1. The summed E-state index contributed by atoms with van der Waals surface area (Å²) in [5, 5.41) is 11.2. The fraction of sp³-hybridized carbons (Fsp3) is 0.364. The van der Waals surface area contributed by atoms with Gasteiger partial charge in [0.2, 0.25) is 0 Å². The average molecular weight is 401 g/mol. The molecule has 156 valence electrons. The van der Waals surface area contributed by atoms with Crippen molar-refractivity contribution in [2.45, 2.75) is 38.7 Å². The highest BCUT2D eigenvalue weighted by atomic mass is 16.6. The van der Waals surface area contributed by atoms with E-state index in [1.54, 1.807) is 19.1 Å². The van der Waals surface area contributed by atoms with Gasteiger partial charge in [0.1, 0.15) is 30.0 Å². The van der Waals surface area contributed by atoms with Gasteiger partial charge in [-0.25, -0.2) is 4.79 Å². The van der Waals surface area contributed by atoms with Crippen LogP contribution in [0.2, 0.25) is 0 Å². The SMILES string of the molecule is CC(CCCCC(=O)O)OC(=O)NCCOc1ccc(Oc2ccccc2)cc1. The van der Waals surface area contributed by atoms with Gasteiger partial charge >= 0.3 is 12.1 Å². The third kappa shape index (κ3) is 9.51. The molecule has 1 unspecified atom stereocenters. The minimum absolute atomic E-state index is 0.135. The molecule has 2 aromatic carbocycles. The molecule has 0 heterocycles. The number of nitrogens with one attached hydrogen (secondary N) is 1. The third-order valence-corrected chi connectivity index (χ3v) is 4.00. The number of benzene rings is 2. The average Bonchev–Trinajstić information content (AvgIpc) is 2.70. The Morgan fingerprint density at radius 2 is 1.62 bits per heavy atom. The van der Waals surface area contributed by atoms with Gasteiger partial charge in [0, 0.05) is 6.42 Å². The van der Waals surface area contributed by atoms with Gasteiger partial charge in [-0.15, -0.1) is 0 Å². The van der Waals surface area contributed by atoms with Gasteiger partial charge in [-0.2, -0.15) is 0 Å². The number of unbranched alkanes of at least 4 members (excludes halogenated alkanes) is 1. The fourth-order valence-corrected chi connectivity index (χ4v) is 2.54. The Bertz CT molecular complexity index is 748. The van der Waals surface area contributed by atoms with E-state index in [1.807, 2.05) is 42.5 Å². The standard InChI is InChI=1S/C22H27NO6/c1-17(7-5-6-10-21(24)25)28-22(26)23-15-16-27-18-11-13-20(14-12-18)29-19-8-3-2-4-9-19/h2-4,8-9,11-14,17H,5-7,10,15-16H2,1H3,(H,23,26)(H,24,25). The monoisotopic (exact) mass is 401 g/mol. The Balaban J connectivity index is 1.58. The summed E-state index contributed by atoms with van der Waals surface area (Å²) in [5.74, 6) is 1.34. The molecule has 0 bridgehead atoms. The summed E-state index contributed by atoms with van der Waals surface area (Å²) >= 11 is 0. The van der Waals surface area contributed by atoms with E-state index in [-0.39, 0.29) is 12.5 Å². The van der Waals surface area contributed by atoms with E-state index in [1.165, 1.54) is 0 Å². The van der Waals surface area contributed by atoms with Crippen LogP contribution in [-0.2, 0) is 9.53 Å². The summed E-state index contributed by atoms with van der Waals surface area (Å²) in [6.07, 6.45) is 1.28. The van der Waals surface area contributed by atoms with Gasteiger partial charge in [0.25, 0.3) is 0 Å². The van der Waals surface area contributed by atoms with Gasteiger partial charge < -0.3 is 24.6 Å². The topological polar surface area (TPSA) is 94.1 Å². The number of carboxylic acids is 1. The first-order valence-corrected chi connectivity index (χ1v) is 9.65. The molecule has 29 heavy (non-hydrogen) atoms. The quantitative estimate of drug-likeness (QED) is 0.504. The van der Waals surface area contributed by atoms with Gasteiger partial charge in [0.15, 0.2) is 0 Å². The Hall–Kier alpha value is -3.22. The molecule has 0 aromatic heterocycles. The number of para-hydroxylation sites is 1. The summed E-state index contributed by atoms with van der Waals surface area (Å²) in [4.78, 5) is 22.2. The first-order chi connectivity index (χ1) is 14.0. The highest BCUT2D eigenvalue weighted by Gasteiger charge is 2.09. The molecule has 7 nitrogen and oxygen atoms in total. The van der Waals surface area contributed by atoms with Crippen LogP contribution in [-0.4, -0.2) is 36.4 Å². The molecular weight excluding hydrogens is 374 g/mol. The van der Waals surface area contributed by atoms with E-state index in [0.717, 1.165) is 5.75 Å². The number of ether oxygens (including phenoxy) is 3. The number of carbonyl (C=O) groups excluding carboxylic acids is 1. The maximum absolute atomic E-state index is 11.7. The molecule has 0 spiro atoms. The lowest BCUT2D eigenvalue weighted by molar-refractivity contribution is -0.137. The van der Waals surface area contributed by atoms with Crippen LogP contribution >= 0.6 is 0 Å². The Kier molecular flexibility index (Phi) is 9.35. The second-order valence-corrected chi connectivity index (χ2v) is 6.52. The normalized spacial score (nSPS) is 11.3. The Morgan fingerprint density at radius 3 is 2.31 bits per heavy atom. The number of amides is 1. The predicted octanol–water partition coefficient (Wildman–Crippen LogP) is 4.62. The molecular formula is C22H27NO6. The number of carboxylic acid groups (broad SMARTS) is 1. The zero-order chi connectivity index (χ0) is 20.9. The molecule has 0 fully saturated rings. The molecule has 1 atom stereocenters. The molecule has 7 heteroatoms. The summed E-state index contributed by atoms with van der Waals surface area (Å²) in [6.45, 7) is 2.41. The van der Waals surface area contributed by atoms with Crippen LogP contribution in [0.1, 0.15) is 32.6 Å². The zero-order valence-corrected chi connectivity index (χ0v) is 16.5. The summed E-state index contributed by atoms with van der Waals surface area (Å²) in [5.41, 5.74) is 0. The van der Waals surface area contributed by atoms with Crippen LogP contribution in [0, 0.1) is 0 Å². The van der Waals surface area contributed by atoms with Gasteiger partial charge in [-0.1, -0.05) is 18.2 Å². The lowest BCUT2D eigenvalue weighted by Gasteiger charge is -2.14. The number of carbonyl (C=O) groups is 2. The van der Waals surface area contributed by atoms with E-state index in [2.05, 4.69) is 5.32 Å². The maximum atomic E-state index is 11.7. The van der Waals surface area contributed by atoms with Crippen molar-refractivity contribution in [3.8, 4) is 17.2 Å². The summed E-state index contributed by atoms with van der Waals surface area (Å²) in [7, 11) is 0. The highest BCUT2D eigenvalue weighted by molar-refractivity contribution is 5.67. The van der Waals surface area contributed by atoms with Crippen LogP contribution in [0.5, 0.6) is 17.2 Å². The fourth-order valence-electron chi connectivity index (χ4n) is 2.54. The molecule has 2 rings (SSSR count). The number of hydrogen-bond donors (Lipinski definition) is 2. The molecule has 0 aliphatic carbocycles.